The molecule has 0 aliphatic carbocycles. The lowest BCUT2D eigenvalue weighted by Crippen LogP contribution is -2.36. The Morgan fingerprint density at radius 2 is 2.15 bits per heavy atom. The molecule has 1 rings (SSSR count). The van der Waals surface area contributed by atoms with Crippen molar-refractivity contribution in [3.63, 3.8) is 0 Å². The zero-order valence-electron chi connectivity index (χ0n) is 11.7. The summed E-state index contributed by atoms with van der Waals surface area (Å²) >= 11 is 8.29. The number of thiocarbonyl (C=S) groups is 1. The van der Waals surface area contributed by atoms with E-state index in [0.29, 0.717) is 36.7 Å². The number of hydrogen-bond donors (Lipinski definition) is 1. The number of benzene rings is 1. The Morgan fingerprint density at radius 3 is 2.75 bits per heavy atom. The van der Waals surface area contributed by atoms with Crippen LogP contribution in [0.2, 0.25) is 0 Å². The van der Waals surface area contributed by atoms with Gasteiger partial charge in [0.25, 0.3) is 5.91 Å². The zero-order valence-corrected chi connectivity index (χ0v) is 14.1. The number of nitrogens with two attached hydrogens (primary N) is 1. The maximum atomic E-state index is 12.6. The van der Waals surface area contributed by atoms with Crippen molar-refractivity contribution in [3.8, 4) is 0 Å². The predicted octanol–water partition coefficient (Wildman–Crippen LogP) is 2.52. The summed E-state index contributed by atoms with van der Waals surface area (Å²) in [4.78, 5) is 14.7. The van der Waals surface area contributed by atoms with Crippen LogP contribution in [0.4, 0.5) is 0 Å². The Bertz CT molecular complexity index is 494. The third-order valence-corrected chi connectivity index (χ3v) is 3.73. The molecular formula is C14H19BrN2O2S. The highest BCUT2D eigenvalue weighted by Gasteiger charge is 2.18. The van der Waals surface area contributed by atoms with Crippen LogP contribution in [0.5, 0.6) is 0 Å². The molecule has 1 aromatic carbocycles. The standard InChI is InChI=1S/C14H19BrN2O2S/c1-10-3-4-12(15)11(9-10)14(18)17(7-8-19-2)6-5-13(16)20/h3-4,9H,5-8H2,1-2H3,(H2,16,20). The van der Waals surface area contributed by atoms with E-state index >= 15 is 0 Å². The Labute approximate surface area is 133 Å². The highest BCUT2D eigenvalue weighted by Crippen LogP contribution is 2.20. The minimum absolute atomic E-state index is 0.0473. The first-order chi connectivity index (χ1) is 9.45. The van der Waals surface area contributed by atoms with Crippen LogP contribution in [-0.2, 0) is 4.74 Å². The summed E-state index contributed by atoms with van der Waals surface area (Å²) in [6.45, 7) is 3.44. The molecule has 0 fully saturated rings. The first kappa shape index (κ1) is 17.1. The number of amides is 1. The fraction of sp³-hybridized carbons (Fsp3) is 0.429. The molecule has 4 nitrogen and oxygen atoms in total. The van der Waals surface area contributed by atoms with E-state index in [1.807, 2.05) is 25.1 Å². The number of ether oxygens (including phenoxy) is 1. The maximum absolute atomic E-state index is 12.6. The molecule has 0 heterocycles. The van der Waals surface area contributed by atoms with Crippen molar-refractivity contribution in [2.45, 2.75) is 13.3 Å². The molecule has 0 unspecified atom stereocenters. The topological polar surface area (TPSA) is 55.6 Å². The van der Waals surface area contributed by atoms with Crippen LogP contribution < -0.4 is 5.73 Å². The van der Waals surface area contributed by atoms with Crippen LogP contribution in [0.15, 0.2) is 22.7 Å². The van der Waals surface area contributed by atoms with E-state index < -0.39 is 0 Å². The van der Waals surface area contributed by atoms with Crippen molar-refractivity contribution in [2.24, 2.45) is 5.73 Å². The molecule has 0 saturated heterocycles. The van der Waals surface area contributed by atoms with Gasteiger partial charge < -0.3 is 15.4 Å². The molecule has 0 atom stereocenters. The van der Waals surface area contributed by atoms with Gasteiger partial charge in [0.2, 0.25) is 0 Å². The van der Waals surface area contributed by atoms with Crippen LogP contribution in [0.25, 0.3) is 0 Å². The van der Waals surface area contributed by atoms with Crippen molar-refractivity contribution >= 4 is 39.0 Å². The first-order valence-electron chi connectivity index (χ1n) is 6.28. The van der Waals surface area contributed by atoms with Crippen LogP contribution in [-0.4, -0.2) is 42.6 Å². The number of carbonyl (C=O) groups is 1. The minimum atomic E-state index is -0.0473. The van der Waals surface area contributed by atoms with E-state index in [1.54, 1.807) is 12.0 Å². The summed E-state index contributed by atoms with van der Waals surface area (Å²) in [5, 5.41) is 0. The Kier molecular flexibility index (Phi) is 7.12. The Balaban J connectivity index is 2.90. The van der Waals surface area contributed by atoms with Crippen molar-refractivity contribution in [3.05, 3.63) is 33.8 Å². The van der Waals surface area contributed by atoms with Gasteiger partial charge in [-0.15, -0.1) is 0 Å². The second kappa shape index (κ2) is 8.34. The van der Waals surface area contributed by atoms with Gasteiger partial charge in [-0.1, -0.05) is 23.8 Å². The van der Waals surface area contributed by atoms with Gasteiger partial charge in [0, 0.05) is 31.1 Å². The number of rotatable bonds is 7. The Hall–Kier alpha value is -0.980. The number of halogens is 1. The van der Waals surface area contributed by atoms with E-state index in [-0.39, 0.29) is 5.91 Å². The van der Waals surface area contributed by atoms with Gasteiger partial charge in [-0.05, 0) is 35.0 Å². The van der Waals surface area contributed by atoms with E-state index in [4.69, 9.17) is 22.7 Å². The van der Waals surface area contributed by atoms with Gasteiger partial charge in [-0.25, -0.2) is 0 Å². The van der Waals surface area contributed by atoms with Crippen molar-refractivity contribution in [1.82, 2.24) is 4.90 Å². The van der Waals surface area contributed by atoms with Gasteiger partial charge in [0.15, 0.2) is 0 Å². The number of methoxy groups -OCH3 is 1. The smallest absolute Gasteiger partial charge is 0.255 e. The van der Waals surface area contributed by atoms with E-state index in [2.05, 4.69) is 15.9 Å². The molecule has 2 N–H and O–H groups in total. The quantitative estimate of drug-likeness (QED) is 0.760. The van der Waals surface area contributed by atoms with E-state index in [9.17, 15) is 4.79 Å². The maximum Gasteiger partial charge on any atom is 0.255 e. The second-order valence-corrected chi connectivity index (χ2v) is 5.86. The van der Waals surface area contributed by atoms with Gasteiger partial charge in [0.1, 0.15) is 0 Å². The largest absolute Gasteiger partial charge is 0.393 e. The summed E-state index contributed by atoms with van der Waals surface area (Å²) in [6.07, 6.45) is 0.508. The molecule has 0 bridgehead atoms. The average molecular weight is 359 g/mol. The third-order valence-electron chi connectivity index (χ3n) is 2.83. The average Bonchev–Trinajstić information content (AvgIpc) is 2.40. The zero-order chi connectivity index (χ0) is 15.1. The van der Waals surface area contributed by atoms with Gasteiger partial charge in [-0.2, -0.15) is 0 Å². The fourth-order valence-electron chi connectivity index (χ4n) is 1.73. The van der Waals surface area contributed by atoms with E-state index in [0.717, 1.165) is 10.0 Å². The molecule has 110 valence electrons. The fourth-order valence-corrected chi connectivity index (χ4v) is 2.24. The third kappa shape index (κ3) is 5.19. The number of nitrogens with zero attached hydrogens (tertiary/aromatic N) is 1. The van der Waals surface area contributed by atoms with Gasteiger partial charge in [0.05, 0.1) is 17.2 Å². The van der Waals surface area contributed by atoms with Crippen molar-refractivity contribution in [1.29, 1.82) is 0 Å². The van der Waals surface area contributed by atoms with Gasteiger partial charge in [-0.3, -0.25) is 4.79 Å². The highest BCUT2D eigenvalue weighted by molar-refractivity contribution is 9.10. The molecule has 0 aliphatic heterocycles. The lowest BCUT2D eigenvalue weighted by Gasteiger charge is -2.23. The molecule has 0 radical (unpaired) electrons. The van der Waals surface area contributed by atoms with Crippen molar-refractivity contribution < 1.29 is 9.53 Å². The minimum Gasteiger partial charge on any atom is -0.393 e. The molecule has 6 heteroatoms. The van der Waals surface area contributed by atoms with E-state index in [1.165, 1.54) is 0 Å². The molecule has 0 aromatic heterocycles. The monoisotopic (exact) mass is 358 g/mol. The normalized spacial score (nSPS) is 10.3. The van der Waals surface area contributed by atoms with Gasteiger partial charge >= 0.3 is 0 Å². The van der Waals surface area contributed by atoms with Crippen LogP contribution in [0, 0.1) is 6.92 Å². The summed E-state index contributed by atoms with van der Waals surface area (Å²) in [7, 11) is 1.61. The molecular weight excluding hydrogens is 340 g/mol. The first-order valence-corrected chi connectivity index (χ1v) is 7.48. The van der Waals surface area contributed by atoms with Crippen LogP contribution >= 0.6 is 28.1 Å². The SMILES string of the molecule is COCCN(CCC(N)=S)C(=O)c1cc(C)ccc1Br. The summed E-state index contributed by atoms with van der Waals surface area (Å²) in [5.41, 5.74) is 7.20. The Morgan fingerprint density at radius 1 is 1.45 bits per heavy atom. The lowest BCUT2D eigenvalue weighted by molar-refractivity contribution is 0.0700. The second-order valence-electron chi connectivity index (χ2n) is 4.48. The highest BCUT2D eigenvalue weighted by atomic mass is 79.9. The van der Waals surface area contributed by atoms with Crippen LogP contribution in [0.3, 0.4) is 0 Å². The number of hydrogen-bond acceptors (Lipinski definition) is 3. The lowest BCUT2D eigenvalue weighted by atomic mass is 10.1. The number of carbonyl (C=O) groups excluding carboxylic acids is 1. The molecule has 1 amide bonds. The van der Waals surface area contributed by atoms with Crippen molar-refractivity contribution in [2.75, 3.05) is 26.8 Å². The number of aryl methyl sites for hydroxylation is 1. The predicted molar refractivity (Wildman–Crippen MR) is 88.1 cm³/mol. The summed E-state index contributed by atoms with van der Waals surface area (Å²) < 4.78 is 5.83. The molecule has 1 aromatic rings. The summed E-state index contributed by atoms with van der Waals surface area (Å²) in [5.74, 6) is -0.0473. The molecule has 0 spiro atoms. The van der Waals surface area contributed by atoms with Crippen LogP contribution in [0.1, 0.15) is 22.3 Å². The summed E-state index contributed by atoms with van der Waals surface area (Å²) in [6, 6.07) is 5.70. The molecule has 0 saturated carbocycles. The molecule has 20 heavy (non-hydrogen) atoms. The molecule has 0 aliphatic rings.